The van der Waals surface area contributed by atoms with E-state index in [1.54, 1.807) is 0 Å². The van der Waals surface area contributed by atoms with Gasteiger partial charge in [-0.05, 0) is 32.1 Å². The maximum absolute atomic E-state index is 5.57. The van der Waals surface area contributed by atoms with Gasteiger partial charge in [0.2, 0.25) is 0 Å². The summed E-state index contributed by atoms with van der Waals surface area (Å²) >= 11 is 0. The fraction of sp³-hybridized carbons (Fsp3) is 0.714. The molecular formula is C14H25N5. The van der Waals surface area contributed by atoms with E-state index in [1.807, 2.05) is 6.92 Å². The van der Waals surface area contributed by atoms with Crippen LogP contribution in [0.4, 0.5) is 11.6 Å². The van der Waals surface area contributed by atoms with Crippen LogP contribution < -0.4 is 16.2 Å². The van der Waals surface area contributed by atoms with Gasteiger partial charge in [0.05, 0.1) is 0 Å². The maximum atomic E-state index is 5.57. The zero-order chi connectivity index (χ0) is 13.8. The van der Waals surface area contributed by atoms with Gasteiger partial charge in [-0.25, -0.2) is 15.8 Å². The van der Waals surface area contributed by atoms with Crippen molar-refractivity contribution < 1.29 is 0 Å². The Morgan fingerprint density at radius 2 is 2.05 bits per heavy atom. The summed E-state index contributed by atoms with van der Waals surface area (Å²) < 4.78 is 0. The number of nitrogens with zero attached hydrogens (tertiary/aromatic N) is 3. The van der Waals surface area contributed by atoms with Crippen molar-refractivity contribution in [3.05, 3.63) is 11.4 Å². The van der Waals surface area contributed by atoms with Crippen LogP contribution in [0.1, 0.15) is 44.5 Å². The van der Waals surface area contributed by atoms with E-state index in [2.05, 4.69) is 29.2 Å². The van der Waals surface area contributed by atoms with Crippen LogP contribution in [0.3, 0.4) is 0 Å². The number of nitrogens with one attached hydrogen (secondary N) is 1. The average molecular weight is 263 g/mol. The van der Waals surface area contributed by atoms with E-state index in [4.69, 9.17) is 10.8 Å². The highest BCUT2D eigenvalue weighted by atomic mass is 15.3. The zero-order valence-electron chi connectivity index (χ0n) is 12.2. The molecule has 5 nitrogen and oxygen atoms in total. The second-order valence-electron chi connectivity index (χ2n) is 5.32. The molecule has 1 aliphatic rings. The minimum atomic E-state index is 0.749. The van der Waals surface area contributed by atoms with Crippen molar-refractivity contribution in [1.29, 1.82) is 0 Å². The molecule has 0 aromatic carbocycles. The van der Waals surface area contributed by atoms with E-state index in [-0.39, 0.29) is 0 Å². The number of hydrogen-bond donors (Lipinski definition) is 2. The lowest BCUT2D eigenvalue weighted by Gasteiger charge is -2.26. The molecule has 0 saturated heterocycles. The van der Waals surface area contributed by atoms with E-state index in [0.717, 1.165) is 54.9 Å². The number of hydrazine groups is 1. The second kappa shape index (κ2) is 6.19. The third kappa shape index (κ3) is 3.35. The van der Waals surface area contributed by atoms with Crippen LogP contribution in [0.2, 0.25) is 0 Å². The van der Waals surface area contributed by atoms with E-state index in [9.17, 15) is 0 Å². The lowest BCUT2D eigenvalue weighted by atomic mass is 10.2. The Bertz CT molecular complexity index is 428. The van der Waals surface area contributed by atoms with Crippen LogP contribution in [-0.4, -0.2) is 23.1 Å². The highest BCUT2D eigenvalue weighted by Gasteiger charge is 2.26. The molecule has 1 heterocycles. The zero-order valence-corrected chi connectivity index (χ0v) is 12.2. The highest BCUT2D eigenvalue weighted by molar-refractivity contribution is 5.58. The minimum absolute atomic E-state index is 0.749. The lowest BCUT2D eigenvalue weighted by molar-refractivity contribution is 0.692. The standard InChI is InChI=1S/C14H25N5/c1-4-8-19(9-11-6-7-11)14-10(3)13(18-15)16-12(5-2)17-14/h11H,4-9,15H2,1-3H3,(H,16,17,18). The van der Waals surface area contributed by atoms with Gasteiger partial charge in [-0.2, -0.15) is 0 Å². The quantitative estimate of drug-likeness (QED) is 0.583. The smallest absolute Gasteiger partial charge is 0.148 e. The number of aromatic nitrogens is 2. The monoisotopic (exact) mass is 263 g/mol. The molecule has 106 valence electrons. The number of hydrogen-bond acceptors (Lipinski definition) is 5. The predicted molar refractivity (Wildman–Crippen MR) is 79.2 cm³/mol. The van der Waals surface area contributed by atoms with Crippen LogP contribution in [0.15, 0.2) is 0 Å². The Labute approximate surface area is 115 Å². The molecule has 0 amide bonds. The molecule has 3 N–H and O–H groups in total. The molecule has 0 bridgehead atoms. The molecule has 0 aliphatic heterocycles. The molecule has 19 heavy (non-hydrogen) atoms. The number of nitrogens with two attached hydrogens (primary N) is 1. The van der Waals surface area contributed by atoms with Gasteiger partial charge in [0.1, 0.15) is 17.5 Å². The van der Waals surface area contributed by atoms with E-state index >= 15 is 0 Å². The molecular weight excluding hydrogens is 238 g/mol. The fourth-order valence-electron chi connectivity index (χ4n) is 2.32. The van der Waals surface area contributed by atoms with Gasteiger partial charge in [-0.15, -0.1) is 0 Å². The van der Waals surface area contributed by atoms with Gasteiger partial charge in [-0.3, -0.25) is 0 Å². The first-order chi connectivity index (χ1) is 9.19. The summed E-state index contributed by atoms with van der Waals surface area (Å²) in [7, 11) is 0. The van der Waals surface area contributed by atoms with E-state index in [1.165, 1.54) is 12.8 Å². The first-order valence-electron chi connectivity index (χ1n) is 7.28. The number of aryl methyl sites for hydroxylation is 1. The highest BCUT2D eigenvalue weighted by Crippen LogP contribution is 2.32. The van der Waals surface area contributed by atoms with Crippen molar-refractivity contribution in [2.45, 2.75) is 46.5 Å². The Hall–Kier alpha value is -1.36. The fourth-order valence-corrected chi connectivity index (χ4v) is 2.32. The maximum Gasteiger partial charge on any atom is 0.148 e. The van der Waals surface area contributed by atoms with Crippen molar-refractivity contribution in [3.63, 3.8) is 0 Å². The van der Waals surface area contributed by atoms with Crippen molar-refractivity contribution in [3.8, 4) is 0 Å². The van der Waals surface area contributed by atoms with Gasteiger partial charge in [0.25, 0.3) is 0 Å². The number of anilines is 2. The third-order valence-corrected chi connectivity index (χ3v) is 3.59. The number of nitrogen functional groups attached to an aromatic ring is 1. The van der Waals surface area contributed by atoms with Gasteiger partial charge in [0, 0.05) is 25.1 Å². The molecule has 0 radical (unpaired) electrons. The predicted octanol–water partition coefficient (Wildman–Crippen LogP) is 2.26. The Kier molecular flexibility index (Phi) is 4.58. The number of rotatable bonds is 7. The molecule has 1 aromatic rings. The van der Waals surface area contributed by atoms with Crippen molar-refractivity contribution in [2.75, 3.05) is 23.4 Å². The first kappa shape index (κ1) is 14.1. The lowest BCUT2D eigenvalue weighted by Crippen LogP contribution is -2.29. The molecule has 1 aliphatic carbocycles. The Morgan fingerprint density at radius 3 is 2.58 bits per heavy atom. The normalized spacial score (nSPS) is 14.5. The summed E-state index contributed by atoms with van der Waals surface area (Å²) in [6.45, 7) is 8.47. The van der Waals surface area contributed by atoms with Gasteiger partial charge >= 0.3 is 0 Å². The Morgan fingerprint density at radius 1 is 1.32 bits per heavy atom. The average Bonchev–Trinajstić information content (AvgIpc) is 3.22. The van der Waals surface area contributed by atoms with Gasteiger partial charge in [-0.1, -0.05) is 13.8 Å². The topological polar surface area (TPSA) is 67.1 Å². The molecule has 0 spiro atoms. The Balaban J connectivity index is 2.32. The van der Waals surface area contributed by atoms with Crippen LogP contribution in [0.5, 0.6) is 0 Å². The summed E-state index contributed by atoms with van der Waals surface area (Å²) in [5.74, 6) is 9.07. The van der Waals surface area contributed by atoms with Crippen LogP contribution in [0.25, 0.3) is 0 Å². The summed E-state index contributed by atoms with van der Waals surface area (Å²) in [5.41, 5.74) is 3.75. The summed E-state index contributed by atoms with van der Waals surface area (Å²) in [4.78, 5) is 11.5. The molecule has 0 unspecified atom stereocenters. The largest absolute Gasteiger partial charge is 0.356 e. The molecule has 5 heteroatoms. The molecule has 2 rings (SSSR count). The second-order valence-corrected chi connectivity index (χ2v) is 5.32. The summed E-state index contributed by atoms with van der Waals surface area (Å²) in [5, 5.41) is 0. The van der Waals surface area contributed by atoms with Crippen molar-refractivity contribution in [1.82, 2.24) is 9.97 Å². The molecule has 1 saturated carbocycles. The van der Waals surface area contributed by atoms with Gasteiger partial charge < -0.3 is 10.3 Å². The van der Waals surface area contributed by atoms with E-state index < -0.39 is 0 Å². The molecule has 0 atom stereocenters. The van der Waals surface area contributed by atoms with Crippen LogP contribution in [-0.2, 0) is 6.42 Å². The minimum Gasteiger partial charge on any atom is -0.356 e. The third-order valence-electron chi connectivity index (χ3n) is 3.59. The summed E-state index contributed by atoms with van der Waals surface area (Å²) in [6, 6.07) is 0. The first-order valence-corrected chi connectivity index (χ1v) is 7.28. The van der Waals surface area contributed by atoms with Crippen LogP contribution >= 0.6 is 0 Å². The molecule has 1 aromatic heterocycles. The van der Waals surface area contributed by atoms with Crippen molar-refractivity contribution >= 4 is 11.6 Å². The summed E-state index contributed by atoms with van der Waals surface area (Å²) in [6.07, 6.45) is 4.66. The SMILES string of the molecule is CCCN(CC1CC1)c1nc(CC)nc(NN)c1C. The van der Waals surface area contributed by atoms with E-state index in [0.29, 0.717) is 0 Å². The van der Waals surface area contributed by atoms with Gasteiger partial charge in [0.15, 0.2) is 0 Å². The van der Waals surface area contributed by atoms with Crippen molar-refractivity contribution in [2.24, 2.45) is 11.8 Å². The van der Waals surface area contributed by atoms with Crippen LogP contribution in [0, 0.1) is 12.8 Å². The molecule has 1 fully saturated rings.